The second-order valence-corrected chi connectivity index (χ2v) is 4.33. The Balaban J connectivity index is 3.43. The third-order valence-corrected chi connectivity index (χ3v) is 2.82. The van der Waals surface area contributed by atoms with Crippen LogP contribution in [0.2, 0.25) is 0 Å². The summed E-state index contributed by atoms with van der Waals surface area (Å²) in [7, 11) is 1.81. The van der Waals surface area contributed by atoms with Crippen LogP contribution in [0.4, 0.5) is 0 Å². The lowest BCUT2D eigenvalue weighted by molar-refractivity contribution is -0.144. The van der Waals surface area contributed by atoms with Crippen LogP contribution in [-0.2, 0) is 9.53 Å². The van der Waals surface area contributed by atoms with E-state index in [1.54, 1.807) is 0 Å². The zero-order chi connectivity index (χ0) is 12.9. The zero-order valence-corrected chi connectivity index (χ0v) is 11.3. The van der Waals surface area contributed by atoms with E-state index in [2.05, 4.69) is 18.8 Å². The molecule has 0 aliphatic rings. The molecule has 1 unspecified atom stereocenters. The van der Waals surface area contributed by atoms with Gasteiger partial charge in [0.05, 0.1) is 0 Å². The summed E-state index contributed by atoms with van der Waals surface area (Å²) in [6.45, 7) is 5.61. The first-order valence-electron chi connectivity index (χ1n) is 6.74. The van der Waals surface area contributed by atoms with Gasteiger partial charge in [0.15, 0.2) is 6.23 Å². The predicted molar refractivity (Wildman–Crippen MR) is 71.7 cm³/mol. The summed E-state index contributed by atoms with van der Waals surface area (Å²) in [6.07, 6.45) is 10.8. The molecule has 0 fully saturated rings. The summed E-state index contributed by atoms with van der Waals surface area (Å²) in [4.78, 5) is 11.0. The van der Waals surface area contributed by atoms with E-state index in [0.29, 0.717) is 0 Å². The standard InChI is InChI=1S/C14H27NO2/c1-4-6-7-8-9-10-11-12-13(15-3)17-14(16)5-2/h5,13,15H,2,4,6-12H2,1,3H3. The fourth-order valence-electron chi connectivity index (χ4n) is 1.74. The summed E-state index contributed by atoms with van der Waals surface area (Å²) >= 11 is 0. The Bertz CT molecular complexity index is 204. The number of unbranched alkanes of at least 4 members (excludes halogenated alkanes) is 6. The topological polar surface area (TPSA) is 38.3 Å². The van der Waals surface area contributed by atoms with Crippen LogP contribution < -0.4 is 5.32 Å². The Hall–Kier alpha value is -0.830. The van der Waals surface area contributed by atoms with Gasteiger partial charge in [0, 0.05) is 6.08 Å². The van der Waals surface area contributed by atoms with Crippen LogP contribution in [-0.4, -0.2) is 19.2 Å². The van der Waals surface area contributed by atoms with E-state index in [4.69, 9.17) is 4.74 Å². The summed E-state index contributed by atoms with van der Waals surface area (Å²) < 4.78 is 5.13. The molecule has 0 rings (SSSR count). The second kappa shape index (κ2) is 11.6. The van der Waals surface area contributed by atoms with Crippen molar-refractivity contribution >= 4 is 5.97 Å². The highest BCUT2D eigenvalue weighted by Crippen LogP contribution is 2.10. The first-order chi connectivity index (χ1) is 8.24. The van der Waals surface area contributed by atoms with Gasteiger partial charge >= 0.3 is 5.97 Å². The van der Waals surface area contributed by atoms with E-state index in [-0.39, 0.29) is 12.2 Å². The largest absolute Gasteiger partial charge is 0.443 e. The molecular weight excluding hydrogens is 214 g/mol. The number of carbonyl (C=O) groups excluding carboxylic acids is 1. The Morgan fingerprint density at radius 3 is 2.35 bits per heavy atom. The normalized spacial score (nSPS) is 12.1. The van der Waals surface area contributed by atoms with Crippen molar-refractivity contribution in [3.63, 3.8) is 0 Å². The highest BCUT2D eigenvalue weighted by atomic mass is 16.6. The van der Waals surface area contributed by atoms with Crippen LogP contribution in [0.3, 0.4) is 0 Å². The van der Waals surface area contributed by atoms with E-state index >= 15 is 0 Å². The smallest absolute Gasteiger partial charge is 0.331 e. The molecule has 1 atom stereocenters. The fourth-order valence-corrected chi connectivity index (χ4v) is 1.74. The molecule has 0 aromatic heterocycles. The van der Waals surface area contributed by atoms with E-state index in [0.717, 1.165) is 12.8 Å². The highest BCUT2D eigenvalue weighted by molar-refractivity contribution is 5.81. The Morgan fingerprint density at radius 1 is 1.24 bits per heavy atom. The lowest BCUT2D eigenvalue weighted by Gasteiger charge is -2.15. The highest BCUT2D eigenvalue weighted by Gasteiger charge is 2.08. The van der Waals surface area contributed by atoms with Gasteiger partial charge in [-0.05, 0) is 19.9 Å². The van der Waals surface area contributed by atoms with Gasteiger partial charge in [-0.2, -0.15) is 0 Å². The van der Waals surface area contributed by atoms with E-state index < -0.39 is 0 Å². The van der Waals surface area contributed by atoms with Gasteiger partial charge in [-0.15, -0.1) is 0 Å². The molecule has 0 bridgehead atoms. The molecule has 0 aliphatic heterocycles. The second-order valence-electron chi connectivity index (χ2n) is 4.33. The Labute approximate surface area is 106 Å². The number of rotatable bonds is 11. The molecular formula is C14H27NO2. The number of esters is 1. The van der Waals surface area contributed by atoms with Gasteiger partial charge in [0.1, 0.15) is 0 Å². The zero-order valence-electron chi connectivity index (χ0n) is 11.3. The minimum Gasteiger partial charge on any atom is -0.443 e. The van der Waals surface area contributed by atoms with Crippen molar-refractivity contribution in [2.24, 2.45) is 0 Å². The number of carbonyl (C=O) groups is 1. The number of hydrogen-bond donors (Lipinski definition) is 1. The van der Waals surface area contributed by atoms with Gasteiger partial charge < -0.3 is 4.74 Å². The average molecular weight is 241 g/mol. The molecule has 0 aromatic carbocycles. The van der Waals surface area contributed by atoms with Crippen LogP contribution in [0.5, 0.6) is 0 Å². The molecule has 1 N–H and O–H groups in total. The quantitative estimate of drug-likeness (QED) is 0.261. The van der Waals surface area contributed by atoms with Crippen molar-refractivity contribution in [1.29, 1.82) is 0 Å². The maximum Gasteiger partial charge on any atom is 0.331 e. The van der Waals surface area contributed by atoms with Gasteiger partial charge in [0.2, 0.25) is 0 Å². The van der Waals surface area contributed by atoms with Crippen molar-refractivity contribution in [2.45, 2.75) is 64.5 Å². The molecule has 0 saturated carbocycles. The Morgan fingerprint density at radius 2 is 1.82 bits per heavy atom. The van der Waals surface area contributed by atoms with Gasteiger partial charge in [-0.3, -0.25) is 5.32 Å². The van der Waals surface area contributed by atoms with Crippen LogP contribution in [0.15, 0.2) is 12.7 Å². The molecule has 3 heteroatoms. The minimum absolute atomic E-state index is 0.170. The third-order valence-electron chi connectivity index (χ3n) is 2.82. The number of nitrogens with one attached hydrogen (secondary N) is 1. The van der Waals surface area contributed by atoms with Crippen LogP contribution in [0.25, 0.3) is 0 Å². The summed E-state index contributed by atoms with van der Waals surface area (Å²) in [5.74, 6) is -0.354. The van der Waals surface area contributed by atoms with Crippen molar-refractivity contribution in [1.82, 2.24) is 5.32 Å². The molecule has 0 aliphatic carbocycles. The molecule has 0 saturated heterocycles. The van der Waals surface area contributed by atoms with Gasteiger partial charge in [-0.1, -0.05) is 52.0 Å². The van der Waals surface area contributed by atoms with Gasteiger partial charge in [-0.25, -0.2) is 4.79 Å². The first kappa shape index (κ1) is 16.2. The number of ether oxygens (including phenoxy) is 1. The molecule has 100 valence electrons. The van der Waals surface area contributed by atoms with Crippen LogP contribution >= 0.6 is 0 Å². The lowest BCUT2D eigenvalue weighted by Crippen LogP contribution is -2.30. The molecule has 0 spiro atoms. The fraction of sp³-hybridized carbons (Fsp3) is 0.786. The lowest BCUT2D eigenvalue weighted by atomic mass is 10.1. The van der Waals surface area contributed by atoms with Crippen molar-refractivity contribution in [3.8, 4) is 0 Å². The molecule has 17 heavy (non-hydrogen) atoms. The van der Waals surface area contributed by atoms with Crippen LogP contribution in [0.1, 0.15) is 58.3 Å². The Kier molecular flexibility index (Phi) is 11.1. The maximum absolute atomic E-state index is 11.0. The molecule has 3 nitrogen and oxygen atoms in total. The minimum atomic E-state index is -0.354. The van der Waals surface area contributed by atoms with Crippen molar-refractivity contribution in [3.05, 3.63) is 12.7 Å². The summed E-state index contributed by atoms with van der Waals surface area (Å²) in [5, 5.41) is 2.99. The molecule has 0 heterocycles. The van der Waals surface area contributed by atoms with Crippen molar-refractivity contribution < 1.29 is 9.53 Å². The SMILES string of the molecule is C=CC(=O)OC(CCCCCCCCC)NC. The van der Waals surface area contributed by atoms with Crippen molar-refractivity contribution in [2.75, 3.05) is 7.05 Å². The monoisotopic (exact) mass is 241 g/mol. The predicted octanol–water partition coefficient (Wildman–Crippen LogP) is 3.40. The average Bonchev–Trinajstić information content (AvgIpc) is 2.35. The molecule has 0 aromatic rings. The molecule has 0 amide bonds. The summed E-state index contributed by atoms with van der Waals surface area (Å²) in [5.41, 5.74) is 0. The summed E-state index contributed by atoms with van der Waals surface area (Å²) in [6, 6.07) is 0. The van der Waals surface area contributed by atoms with E-state index in [1.807, 2.05) is 7.05 Å². The van der Waals surface area contributed by atoms with Crippen LogP contribution in [0, 0.1) is 0 Å². The van der Waals surface area contributed by atoms with E-state index in [1.165, 1.54) is 44.6 Å². The maximum atomic E-state index is 11.0. The first-order valence-corrected chi connectivity index (χ1v) is 6.74. The molecule has 0 radical (unpaired) electrons. The van der Waals surface area contributed by atoms with Gasteiger partial charge in [0.25, 0.3) is 0 Å². The number of hydrogen-bond acceptors (Lipinski definition) is 3. The van der Waals surface area contributed by atoms with E-state index in [9.17, 15) is 4.79 Å². The third kappa shape index (κ3) is 10.1.